The van der Waals surface area contributed by atoms with Crippen molar-refractivity contribution in [3.05, 3.63) is 127 Å². The lowest BCUT2D eigenvalue weighted by Crippen LogP contribution is -2.12. The Morgan fingerprint density at radius 2 is 1.50 bits per heavy atom. The molecule has 4 aromatic heterocycles. The molecule has 0 fully saturated rings. The fourth-order valence-electron chi connectivity index (χ4n) is 5.16. The van der Waals surface area contributed by atoms with Crippen LogP contribution in [0.4, 0.5) is 4.39 Å². The van der Waals surface area contributed by atoms with E-state index in [0.717, 1.165) is 56.5 Å². The molecule has 0 spiro atoms. The highest BCUT2D eigenvalue weighted by Gasteiger charge is 2.16. The third-order valence-electron chi connectivity index (χ3n) is 7.14. The zero-order chi connectivity index (χ0) is 26.9. The number of hydrogen-bond acceptors (Lipinski definition) is 4. The van der Waals surface area contributed by atoms with Gasteiger partial charge in [0.1, 0.15) is 5.82 Å². The molecule has 7 rings (SSSR count). The normalized spacial score (nSPS) is 11.4. The van der Waals surface area contributed by atoms with E-state index in [1.807, 2.05) is 67.1 Å². The molecule has 0 amide bonds. The molecule has 194 valence electrons. The number of pyridine rings is 2. The number of aromatic nitrogens is 5. The fourth-order valence-corrected chi connectivity index (χ4v) is 5.16. The van der Waals surface area contributed by atoms with Crippen molar-refractivity contribution in [3.8, 4) is 33.6 Å². The summed E-state index contributed by atoms with van der Waals surface area (Å²) in [5.74, 6) is -0.246. The van der Waals surface area contributed by atoms with E-state index in [-0.39, 0.29) is 5.82 Å². The van der Waals surface area contributed by atoms with Crippen LogP contribution in [-0.2, 0) is 13.1 Å². The van der Waals surface area contributed by atoms with E-state index in [2.05, 4.69) is 54.7 Å². The maximum atomic E-state index is 14.6. The molecule has 0 aliphatic heterocycles. The molecule has 0 aliphatic carbocycles. The zero-order valence-corrected chi connectivity index (χ0v) is 21.5. The van der Waals surface area contributed by atoms with Crippen molar-refractivity contribution in [2.75, 3.05) is 0 Å². The Bertz CT molecular complexity index is 1960. The first-order valence-corrected chi connectivity index (χ1v) is 13.1. The van der Waals surface area contributed by atoms with E-state index in [4.69, 9.17) is 0 Å². The predicted octanol–water partition coefficient (Wildman–Crippen LogP) is 7.26. The van der Waals surface area contributed by atoms with Crippen LogP contribution in [0.25, 0.3) is 55.6 Å². The molecule has 4 heterocycles. The summed E-state index contributed by atoms with van der Waals surface area (Å²) in [6, 6.07) is 29.3. The number of aromatic amines is 2. The number of halogens is 1. The lowest BCUT2D eigenvalue weighted by molar-refractivity contribution is 0.631. The Labute approximate surface area is 230 Å². The molecule has 7 heteroatoms. The van der Waals surface area contributed by atoms with Gasteiger partial charge in [-0.3, -0.25) is 10.1 Å². The van der Waals surface area contributed by atoms with Crippen molar-refractivity contribution in [1.29, 1.82) is 0 Å². The molecule has 40 heavy (non-hydrogen) atoms. The number of hydrogen-bond donors (Lipinski definition) is 3. The molecule has 0 saturated heterocycles. The van der Waals surface area contributed by atoms with Crippen molar-refractivity contribution in [2.45, 2.75) is 13.1 Å². The quantitative estimate of drug-likeness (QED) is 0.205. The van der Waals surface area contributed by atoms with Crippen LogP contribution in [0, 0.1) is 5.82 Å². The average molecular weight is 525 g/mol. The van der Waals surface area contributed by atoms with Gasteiger partial charge in [0.25, 0.3) is 0 Å². The minimum atomic E-state index is -0.246. The van der Waals surface area contributed by atoms with Gasteiger partial charge in [-0.15, -0.1) is 0 Å². The van der Waals surface area contributed by atoms with Crippen LogP contribution in [0.1, 0.15) is 11.1 Å². The molecular formula is C33H25FN6. The van der Waals surface area contributed by atoms with Crippen LogP contribution in [0.15, 0.2) is 110 Å². The number of H-pyrrole nitrogens is 2. The van der Waals surface area contributed by atoms with E-state index < -0.39 is 0 Å². The topological polar surface area (TPSA) is 82.3 Å². The van der Waals surface area contributed by atoms with Gasteiger partial charge in [0, 0.05) is 64.7 Å². The van der Waals surface area contributed by atoms with Crippen LogP contribution in [0.3, 0.4) is 0 Å². The fraction of sp³-hybridized carbons (Fsp3) is 0.0606. The number of nitrogens with one attached hydrogen (secondary N) is 3. The van der Waals surface area contributed by atoms with Gasteiger partial charge in [-0.2, -0.15) is 5.10 Å². The Hall–Kier alpha value is -5.14. The summed E-state index contributed by atoms with van der Waals surface area (Å²) in [5, 5.41) is 12.9. The van der Waals surface area contributed by atoms with Gasteiger partial charge >= 0.3 is 0 Å². The minimum absolute atomic E-state index is 0.246. The number of nitrogens with zero attached hydrogens (tertiary/aromatic N) is 3. The Balaban J connectivity index is 1.21. The average Bonchev–Trinajstić information content (AvgIpc) is 3.62. The summed E-state index contributed by atoms with van der Waals surface area (Å²) < 4.78 is 14.6. The third kappa shape index (κ3) is 4.52. The van der Waals surface area contributed by atoms with Crippen molar-refractivity contribution < 1.29 is 4.39 Å². The van der Waals surface area contributed by atoms with Gasteiger partial charge in [0.15, 0.2) is 5.65 Å². The molecule has 0 radical (unpaired) electrons. The molecule has 3 N–H and O–H groups in total. The van der Waals surface area contributed by atoms with Gasteiger partial charge in [0.2, 0.25) is 0 Å². The maximum absolute atomic E-state index is 14.6. The van der Waals surface area contributed by atoms with E-state index >= 15 is 0 Å². The smallest absolute Gasteiger partial charge is 0.181 e. The lowest BCUT2D eigenvalue weighted by atomic mass is 10.0. The highest BCUT2D eigenvalue weighted by molar-refractivity contribution is 6.01. The molecule has 6 nitrogen and oxygen atoms in total. The van der Waals surface area contributed by atoms with Crippen molar-refractivity contribution in [3.63, 3.8) is 0 Å². The van der Waals surface area contributed by atoms with Crippen LogP contribution in [0.5, 0.6) is 0 Å². The van der Waals surface area contributed by atoms with Crippen molar-refractivity contribution >= 4 is 21.9 Å². The Morgan fingerprint density at radius 3 is 2.40 bits per heavy atom. The molecule has 3 aromatic carbocycles. The van der Waals surface area contributed by atoms with E-state index in [1.54, 1.807) is 12.1 Å². The minimum Gasteiger partial charge on any atom is -0.353 e. The molecule has 0 unspecified atom stereocenters. The second-order valence-electron chi connectivity index (χ2n) is 9.79. The van der Waals surface area contributed by atoms with E-state index in [9.17, 15) is 4.39 Å². The first-order valence-electron chi connectivity index (χ1n) is 13.1. The lowest BCUT2D eigenvalue weighted by Gasteiger charge is -2.07. The molecular weight excluding hydrogens is 499 g/mol. The summed E-state index contributed by atoms with van der Waals surface area (Å²) in [7, 11) is 0. The standard InChI is InChI=1S/C33H25FN6/c34-29-11-5-4-9-26(29)25-10-6-12-30-27(25)15-31(38-30)32-28-14-24(20-37-33(28)40-39-32)23-13-22(18-36-19-23)17-35-16-21-7-2-1-3-8-21/h1-15,18-20,35,38H,16-17H2,(H,37,39,40). The highest BCUT2D eigenvalue weighted by atomic mass is 19.1. The van der Waals surface area contributed by atoms with Gasteiger partial charge in [0.05, 0.1) is 11.4 Å². The summed E-state index contributed by atoms with van der Waals surface area (Å²) >= 11 is 0. The van der Waals surface area contributed by atoms with E-state index in [0.29, 0.717) is 17.8 Å². The van der Waals surface area contributed by atoms with Crippen LogP contribution in [0.2, 0.25) is 0 Å². The first kappa shape index (κ1) is 23.9. The SMILES string of the molecule is Fc1ccccc1-c1cccc2[nH]c(-c3[nH]nc4ncc(-c5cncc(CNCc6ccccc6)c5)cc34)cc12. The number of benzene rings is 3. The Kier molecular flexibility index (Phi) is 6.11. The first-order chi connectivity index (χ1) is 19.7. The second kappa shape index (κ2) is 10.2. The van der Waals surface area contributed by atoms with Crippen molar-refractivity contribution in [2.24, 2.45) is 0 Å². The summed E-state index contributed by atoms with van der Waals surface area (Å²) in [5.41, 5.74) is 8.92. The molecule has 0 saturated carbocycles. The summed E-state index contributed by atoms with van der Waals surface area (Å²) in [6.45, 7) is 1.50. The molecule has 0 aliphatic rings. The second-order valence-corrected chi connectivity index (χ2v) is 9.79. The van der Waals surface area contributed by atoms with Gasteiger partial charge in [-0.1, -0.05) is 60.7 Å². The molecule has 7 aromatic rings. The maximum Gasteiger partial charge on any atom is 0.181 e. The summed E-state index contributed by atoms with van der Waals surface area (Å²) in [6.07, 6.45) is 5.56. The monoisotopic (exact) mass is 524 g/mol. The van der Waals surface area contributed by atoms with E-state index in [1.165, 1.54) is 11.6 Å². The largest absolute Gasteiger partial charge is 0.353 e. The van der Waals surface area contributed by atoms with Crippen molar-refractivity contribution in [1.82, 2.24) is 30.5 Å². The summed E-state index contributed by atoms with van der Waals surface area (Å²) in [4.78, 5) is 12.6. The Morgan fingerprint density at radius 1 is 0.700 bits per heavy atom. The van der Waals surface area contributed by atoms with Crippen LogP contribution < -0.4 is 5.32 Å². The van der Waals surface area contributed by atoms with Crippen LogP contribution in [-0.4, -0.2) is 25.1 Å². The molecule has 0 bridgehead atoms. The van der Waals surface area contributed by atoms with Gasteiger partial charge in [-0.25, -0.2) is 9.37 Å². The molecule has 0 atom stereocenters. The van der Waals surface area contributed by atoms with Gasteiger partial charge < -0.3 is 10.3 Å². The van der Waals surface area contributed by atoms with Gasteiger partial charge in [-0.05, 0) is 47.0 Å². The number of rotatable bonds is 7. The third-order valence-corrected chi connectivity index (χ3v) is 7.14. The van der Waals surface area contributed by atoms with Crippen LogP contribution >= 0.6 is 0 Å². The number of fused-ring (bicyclic) bond motifs is 2. The predicted molar refractivity (Wildman–Crippen MR) is 157 cm³/mol. The zero-order valence-electron chi connectivity index (χ0n) is 21.5. The highest BCUT2D eigenvalue weighted by Crippen LogP contribution is 2.35.